The van der Waals surface area contributed by atoms with E-state index in [1.807, 2.05) is 32.0 Å². The van der Waals surface area contributed by atoms with E-state index in [-0.39, 0.29) is 18.0 Å². The first-order chi connectivity index (χ1) is 14.5. The minimum absolute atomic E-state index is 0.0701. The van der Waals surface area contributed by atoms with E-state index in [4.69, 9.17) is 0 Å². The highest BCUT2D eigenvalue weighted by atomic mass is 16.2. The third kappa shape index (κ3) is 4.22. The van der Waals surface area contributed by atoms with Gasteiger partial charge in [0.1, 0.15) is 6.54 Å². The molecular weight excluding hydrogens is 380 g/mol. The van der Waals surface area contributed by atoms with E-state index in [0.29, 0.717) is 37.8 Å². The van der Waals surface area contributed by atoms with Crippen LogP contribution in [0.25, 0.3) is 11.3 Å². The molecule has 0 saturated carbocycles. The van der Waals surface area contributed by atoms with Crippen LogP contribution in [0.4, 0.5) is 5.95 Å². The Morgan fingerprint density at radius 1 is 1.00 bits per heavy atom. The van der Waals surface area contributed by atoms with Crippen molar-refractivity contribution in [2.24, 2.45) is 0 Å². The van der Waals surface area contributed by atoms with Gasteiger partial charge in [-0.15, -0.1) is 0 Å². The fourth-order valence-electron chi connectivity index (χ4n) is 3.56. The number of hydrogen-bond acceptors (Lipinski definition) is 6. The zero-order chi connectivity index (χ0) is 21.1. The van der Waals surface area contributed by atoms with Crippen LogP contribution in [-0.2, 0) is 11.3 Å². The molecule has 1 aromatic carbocycles. The van der Waals surface area contributed by atoms with Gasteiger partial charge in [0.2, 0.25) is 11.9 Å². The first-order valence-electron chi connectivity index (χ1n) is 9.97. The van der Waals surface area contributed by atoms with E-state index in [0.717, 1.165) is 16.7 Å². The number of carbonyl (C=O) groups is 1. The second-order valence-corrected chi connectivity index (χ2v) is 7.45. The van der Waals surface area contributed by atoms with Gasteiger partial charge in [-0.1, -0.05) is 17.7 Å². The summed E-state index contributed by atoms with van der Waals surface area (Å²) in [7, 11) is 0. The molecule has 0 N–H and O–H groups in total. The highest BCUT2D eigenvalue weighted by Crippen LogP contribution is 2.21. The molecule has 8 heteroatoms. The summed E-state index contributed by atoms with van der Waals surface area (Å²) in [4.78, 5) is 37.5. The molecule has 8 nitrogen and oxygen atoms in total. The van der Waals surface area contributed by atoms with E-state index in [9.17, 15) is 9.59 Å². The Bertz CT molecular complexity index is 1100. The number of carbonyl (C=O) groups excluding carboxylic acids is 1. The van der Waals surface area contributed by atoms with Crippen LogP contribution in [0.5, 0.6) is 0 Å². The molecule has 1 amide bonds. The predicted molar refractivity (Wildman–Crippen MR) is 114 cm³/mol. The van der Waals surface area contributed by atoms with Gasteiger partial charge in [0, 0.05) is 50.2 Å². The van der Waals surface area contributed by atoms with Crippen LogP contribution in [0.15, 0.2) is 53.6 Å². The van der Waals surface area contributed by atoms with E-state index < -0.39 is 0 Å². The van der Waals surface area contributed by atoms with Crippen molar-refractivity contribution in [3.8, 4) is 11.3 Å². The summed E-state index contributed by atoms with van der Waals surface area (Å²) in [5.74, 6) is 0.556. The molecule has 154 valence electrons. The van der Waals surface area contributed by atoms with Crippen molar-refractivity contribution in [1.82, 2.24) is 24.6 Å². The molecule has 1 saturated heterocycles. The lowest BCUT2D eigenvalue weighted by Gasteiger charge is -2.34. The fourth-order valence-corrected chi connectivity index (χ4v) is 3.56. The summed E-state index contributed by atoms with van der Waals surface area (Å²) in [5, 5.41) is 4.47. The number of nitrogens with zero attached hydrogens (tertiary/aromatic N) is 6. The summed E-state index contributed by atoms with van der Waals surface area (Å²) < 4.78 is 1.26. The third-order valence-electron chi connectivity index (χ3n) is 5.29. The summed E-state index contributed by atoms with van der Waals surface area (Å²) in [6, 6.07) is 11.1. The van der Waals surface area contributed by atoms with Gasteiger partial charge in [-0.05, 0) is 37.6 Å². The lowest BCUT2D eigenvalue weighted by atomic mass is 10.0. The quantitative estimate of drug-likeness (QED) is 0.658. The minimum Gasteiger partial charge on any atom is -0.338 e. The van der Waals surface area contributed by atoms with E-state index in [2.05, 4.69) is 20.0 Å². The third-order valence-corrected chi connectivity index (χ3v) is 5.29. The Balaban J connectivity index is 1.46. The van der Waals surface area contributed by atoms with Gasteiger partial charge in [-0.3, -0.25) is 9.59 Å². The molecule has 0 atom stereocenters. The molecule has 1 fully saturated rings. The van der Waals surface area contributed by atoms with Crippen LogP contribution in [0, 0.1) is 13.8 Å². The van der Waals surface area contributed by atoms with Crippen LogP contribution in [0.2, 0.25) is 0 Å². The summed E-state index contributed by atoms with van der Waals surface area (Å²) in [6.45, 7) is 6.38. The lowest BCUT2D eigenvalue weighted by molar-refractivity contribution is -0.132. The van der Waals surface area contributed by atoms with Crippen molar-refractivity contribution in [2.45, 2.75) is 20.4 Å². The van der Waals surface area contributed by atoms with Crippen molar-refractivity contribution in [2.75, 3.05) is 31.1 Å². The molecule has 4 rings (SSSR count). The van der Waals surface area contributed by atoms with Crippen LogP contribution in [-0.4, -0.2) is 56.7 Å². The van der Waals surface area contributed by atoms with Crippen molar-refractivity contribution >= 4 is 11.9 Å². The van der Waals surface area contributed by atoms with E-state index in [1.165, 1.54) is 10.7 Å². The Labute approximate surface area is 174 Å². The number of aryl methyl sites for hydroxylation is 2. The Kier molecular flexibility index (Phi) is 5.56. The molecule has 0 radical (unpaired) electrons. The normalized spacial score (nSPS) is 14.1. The standard InChI is InChI=1S/C22H24N6O2/c1-16-4-5-17(2)18(14-16)19-6-7-20(29)28(25-19)15-21(30)26-10-12-27(13-11-26)22-23-8-3-9-24-22/h3-9,14H,10-13,15H2,1-2H3. The van der Waals surface area contributed by atoms with Crippen LogP contribution >= 0.6 is 0 Å². The molecule has 0 aliphatic carbocycles. The molecule has 1 aliphatic rings. The zero-order valence-corrected chi connectivity index (χ0v) is 17.2. The smallest absolute Gasteiger partial charge is 0.267 e. The number of anilines is 1. The summed E-state index contributed by atoms with van der Waals surface area (Å²) in [5.41, 5.74) is 3.56. The molecule has 3 aromatic rings. The molecule has 1 aliphatic heterocycles. The average molecular weight is 404 g/mol. The highest BCUT2D eigenvalue weighted by Gasteiger charge is 2.23. The summed E-state index contributed by atoms with van der Waals surface area (Å²) in [6.07, 6.45) is 3.42. The van der Waals surface area contributed by atoms with Crippen LogP contribution in [0.3, 0.4) is 0 Å². The largest absolute Gasteiger partial charge is 0.338 e. The molecule has 0 spiro atoms. The molecular formula is C22H24N6O2. The van der Waals surface area contributed by atoms with Gasteiger partial charge in [0.15, 0.2) is 0 Å². The van der Waals surface area contributed by atoms with Crippen molar-refractivity contribution in [1.29, 1.82) is 0 Å². The lowest BCUT2D eigenvalue weighted by Crippen LogP contribution is -2.50. The molecule has 30 heavy (non-hydrogen) atoms. The highest BCUT2D eigenvalue weighted by molar-refractivity contribution is 5.76. The van der Waals surface area contributed by atoms with Gasteiger partial charge < -0.3 is 9.80 Å². The van der Waals surface area contributed by atoms with Crippen molar-refractivity contribution in [3.05, 3.63) is 70.3 Å². The van der Waals surface area contributed by atoms with Gasteiger partial charge in [-0.25, -0.2) is 14.6 Å². The second-order valence-electron chi connectivity index (χ2n) is 7.45. The Hall–Kier alpha value is -3.55. The number of benzene rings is 1. The van der Waals surface area contributed by atoms with Crippen molar-refractivity contribution in [3.63, 3.8) is 0 Å². The maximum atomic E-state index is 12.8. The molecule has 0 unspecified atom stereocenters. The topological polar surface area (TPSA) is 84.2 Å². The summed E-state index contributed by atoms with van der Waals surface area (Å²) >= 11 is 0. The number of rotatable bonds is 4. The Morgan fingerprint density at radius 3 is 2.47 bits per heavy atom. The minimum atomic E-state index is -0.284. The molecule has 0 bridgehead atoms. The Morgan fingerprint density at radius 2 is 1.73 bits per heavy atom. The van der Waals surface area contributed by atoms with Crippen molar-refractivity contribution < 1.29 is 4.79 Å². The van der Waals surface area contributed by atoms with E-state index >= 15 is 0 Å². The van der Waals surface area contributed by atoms with Gasteiger partial charge >= 0.3 is 0 Å². The monoisotopic (exact) mass is 404 g/mol. The first kappa shape index (κ1) is 19.8. The molecule has 3 heterocycles. The van der Waals surface area contributed by atoms with Gasteiger partial charge in [0.25, 0.3) is 5.56 Å². The first-order valence-corrected chi connectivity index (χ1v) is 9.97. The predicted octanol–water partition coefficient (Wildman–Crippen LogP) is 1.67. The average Bonchev–Trinajstić information content (AvgIpc) is 2.77. The van der Waals surface area contributed by atoms with Gasteiger partial charge in [0.05, 0.1) is 5.69 Å². The number of hydrogen-bond donors (Lipinski definition) is 0. The molecule has 2 aromatic heterocycles. The number of amides is 1. The van der Waals surface area contributed by atoms with Crippen LogP contribution in [0.1, 0.15) is 11.1 Å². The maximum absolute atomic E-state index is 12.8. The fraction of sp³-hybridized carbons (Fsp3) is 0.318. The zero-order valence-electron chi connectivity index (χ0n) is 17.2. The van der Waals surface area contributed by atoms with Gasteiger partial charge in [-0.2, -0.15) is 5.10 Å². The number of aromatic nitrogens is 4. The second kappa shape index (κ2) is 8.44. The number of piperazine rings is 1. The maximum Gasteiger partial charge on any atom is 0.267 e. The van der Waals surface area contributed by atoms with Crippen LogP contribution < -0.4 is 10.5 Å². The SMILES string of the molecule is Cc1ccc(C)c(-c2ccc(=O)n(CC(=O)N3CCN(c4ncccn4)CC3)n2)c1. The van der Waals surface area contributed by atoms with E-state index in [1.54, 1.807) is 29.4 Å².